The molecule has 100 valence electrons. The molecule has 0 bridgehead atoms. The summed E-state index contributed by atoms with van der Waals surface area (Å²) in [5.74, 6) is -0.132. The normalized spacial score (nSPS) is 10.6. The summed E-state index contributed by atoms with van der Waals surface area (Å²) in [4.78, 5) is 14.5. The predicted octanol–water partition coefficient (Wildman–Crippen LogP) is 2.98. The van der Waals surface area contributed by atoms with Gasteiger partial charge in [0.05, 0.1) is 6.42 Å². The molecule has 7 heteroatoms. The minimum atomic E-state index is -0.902. The van der Waals surface area contributed by atoms with Crippen LogP contribution in [0.25, 0.3) is 0 Å². The van der Waals surface area contributed by atoms with Crippen LogP contribution in [0.15, 0.2) is 22.7 Å². The number of carboxylic acids is 1. The Balaban J connectivity index is 2.05. The van der Waals surface area contributed by atoms with E-state index in [9.17, 15) is 4.79 Å². The summed E-state index contributed by atoms with van der Waals surface area (Å²) in [5, 5.41) is 13.4. The first kappa shape index (κ1) is 13.8. The maximum Gasteiger partial charge on any atom is 0.303 e. The van der Waals surface area contributed by atoms with E-state index >= 15 is 0 Å². The van der Waals surface area contributed by atoms with Gasteiger partial charge in [0.25, 0.3) is 0 Å². The molecule has 1 N–H and O–H groups in total. The third kappa shape index (κ3) is 3.94. The minimum absolute atomic E-state index is 0.0384. The van der Waals surface area contributed by atoms with Crippen LogP contribution < -0.4 is 0 Å². The number of aromatic nitrogens is 2. The second-order valence-corrected chi connectivity index (χ2v) is 4.75. The average molecular weight is 301 g/mol. The van der Waals surface area contributed by atoms with E-state index in [0.29, 0.717) is 28.2 Å². The lowest BCUT2D eigenvalue weighted by Gasteiger charge is -2.00. The van der Waals surface area contributed by atoms with Gasteiger partial charge in [0.1, 0.15) is 0 Å². The number of nitrogens with zero attached hydrogens (tertiary/aromatic N) is 2. The Morgan fingerprint density at radius 2 is 2.16 bits per heavy atom. The Labute approximate surface area is 119 Å². The van der Waals surface area contributed by atoms with Gasteiger partial charge in [0.15, 0.2) is 5.82 Å². The zero-order chi connectivity index (χ0) is 13.8. The van der Waals surface area contributed by atoms with Crippen molar-refractivity contribution in [2.45, 2.75) is 19.3 Å². The summed E-state index contributed by atoms with van der Waals surface area (Å²) in [5.41, 5.74) is 0.830. The molecule has 0 atom stereocenters. The smallest absolute Gasteiger partial charge is 0.303 e. The average Bonchev–Trinajstić information content (AvgIpc) is 2.78. The quantitative estimate of drug-likeness (QED) is 0.918. The summed E-state index contributed by atoms with van der Waals surface area (Å²) >= 11 is 11.8. The summed E-state index contributed by atoms with van der Waals surface area (Å²) in [6.07, 6.45) is 0.590. The Morgan fingerprint density at radius 3 is 2.84 bits per heavy atom. The van der Waals surface area contributed by atoms with Crippen LogP contribution in [0.5, 0.6) is 0 Å². The number of hydrogen-bond acceptors (Lipinski definition) is 4. The molecule has 0 spiro atoms. The van der Waals surface area contributed by atoms with Gasteiger partial charge in [0, 0.05) is 22.9 Å². The number of hydrogen-bond donors (Lipinski definition) is 1. The summed E-state index contributed by atoms with van der Waals surface area (Å²) in [6, 6.07) is 5.16. The third-order valence-corrected chi connectivity index (χ3v) is 3.01. The summed E-state index contributed by atoms with van der Waals surface area (Å²) in [7, 11) is 0. The lowest BCUT2D eigenvalue weighted by Crippen LogP contribution is -1.98. The molecule has 5 nitrogen and oxygen atoms in total. The van der Waals surface area contributed by atoms with Crippen molar-refractivity contribution in [2.75, 3.05) is 0 Å². The molecule has 0 amide bonds. The van der Waals surface area contributed by atoms with Gasteiger partial charge >= 0.3 is 5.97 Å². The van der Waals surface area contributed by atoms with E-state index in [1.165, 1.54) is 0 Å². The molecule has 1 heterocycles. The predicted molar refractivity (Wildman–Crippen MR) is 69.5 cm³/mol. The summed E-state index contributed by atoms with van der Waals surface area (Å²) in [6.45, 7) is 0. The van der Waals surface area contributed by atoms with E-state index in [4.69, 9.17) is 32.8 Å². The molecule has 1 aromatic heterocycles. The molecule has 2 aromatic rings. The standard InChI is InChI=1S/C12H10Cl2N2O3/c13-8-2-1-7(9(14)6-8)5-10-15-11(19-16-10)3-4-12(17)18/h1-2,6H,3-5H2,(H,17,18). The number of aryl methyl sites for hydroxylation is 1. The number of carboxylic acid groups (broad SMARTS) is 1. The molecule has 1 aromatic carbocycles. The molecule has 0 unspecified atom stereocenters. The van der Waals surface area contributed by atoms with Crippen LogP contribution >= 0.6 is 23.2 Å². The molecule has 0 aliphatic rings. The molecule has 0 aliphatic carbocycles. The molecule has 0 saturated heterocycles. The van der Waals surface area contributed by atoms with Gasteiger partial charge in [-0.25, -0.2) is 0 Å². The van der Waals surface area contributed by atoms with Gasteiger partial charge in [-0.15, -0.1) is 0 Å². The van der Waals surface area contributed by atoms with Crippen molar-refractivity contribution in [3.8, 4) is 0 Å². The molecule has 2 rings (SSSR count). The van der Waals surface area contributed by atoms with E-state index in [1.54, 1.807) is 18.2 Å². The van der Waals surface area contributed by atoms with E-state index in [2.05, 4.69) is 10.1 Å². The van der Waals surface area contributed by atoms with Crippen molar-refractivity contribution in [3.63, 3.8) is 0 Å². The summed E-state index contributed by atoms with van der Waals surface area (Å²) < 4.78 is 4.96. The van der Waals surface area contributed by atoms with Gasteiger partial charge in [-0.2, -0.15) is 4.98 Å². The highest BCUT2D eigenvalue weighted by Gasteiger charge is 2.10. The van der Waals surface area contributed by atoms with Crippen molar-refractivity contribution >= 4 is 29.2 Å². The molecule has 0 fully saturated rings. The lowest BCUT2D eigenvalue weighted by molar-refractivity contribution is -0.137. The molecule has 0 saturated carbocycles. The van der Waals surface area contributed by atoms with Gasteiger partial charge in [-0.05, 0) is 17.7 Å². The molecular formula is C12H10Cl2N2O3. The van der Waals surface area contributed by atoms with Crippen LogP contribution in [-0.4, -0.2) is 21.2 Å². The Kier molecular flexibility index (Phi) is 4.39. The van der Waals surface area contributed by atoms with Crippen LogP contribution in [0.2, 0.25) is 10.0 Å². The van der Waals surface area contributed by atoms with E-state index < -0.39 is 5.97 Å². The number of rotatable bonds is 5. The van der Waals surface area contributed by atoms with Gasteiger partial charge < -0.3 is 9.63 Å². The van der Waals surface area contributed by atoms with E-state index in [-0.39, 0.29) is 12.8 Å². The maximum atomic E-state index is 10.4. The maximum absolute atomic E-state index is 10.4. The van der Waals surface area contributed by atoms with Crippen LogP contribution in [0.4, 0.5) is 0 Å². The SMILES string of the molecule is O=C(O)CCc1nc(Cc2ccc(Cl)cc2Cl)no1. The topological polar surface area (TPSA) is 76.2 Å². The molecule has 19 heavy (non-hydrogen) atoms. The second-order valence-electron chi connectivity index (χ2n) is 3.91. The van der Waals surface area contributed by atoms with Crippen LogP contribution in [-0.2, 0) is 17.6 Å². The van der Waals surface area contributed by atoms with Crippen molar-refractivity contribution in [3.05, 3.63) is 45.5 Å². The fraction of sp³-hybridized carbons (Fsp3) is 0.250. The van der Waals surface area contributed by atoms with Crippen LogP contribution in [0.1, 0.15) is 23.7 Å². The van der Waals surface area contributed by atoms with Crippen molar-refractivity contribution in [1.82, 2.24) is 10.1 Å². The highest BCUT2D eigenvalue weighted by molar-refractivity contribution is 6.35. The first-order valence-electron chi connectivity index (χ1n) is 5.52. The van der Waals surface area contributed by atoms with Gasteiger partial charge in [-0.1, -0.05) is 34.4 Å². The lowest BCUT2D eigenvalue weighted by atomic mass is 10.1. The van der Waals surface area contributed by atoms with Gasteiger partial charge in [0.2, 0.25) is 5.89 Å². The number of halogens is 2. The fourth-order valence-corrected chi connectivity index (χ4v) is 1.99. The zero-order valence-corrected chi connectivity index (χ0v) is 11.3. The highest BCUT2D eigenvalue weighted by atomic mass is 35.5. The minimum Gasteiger partial charge on any atom is -0.481 e. The zero-order valence-electron chi connectivity index (χ0n) is 9.77. The Hall–Kier alpha value is -1.59. The van der Waals surface area contributed by atoms with Crippen molar-refractivity contribution < 1.29 is 14.4 Å². The largest absolute Gasteiger partial charge is 0.481 e. The molecule has 0 aliphatic heterocycles. The first-order chi connectivity index (χ1) is 9.04. The number of carbonyl (C=O) groups is 1. The van der Waals surface area contributed by atoms with Gasteiger partial charge in [-0.3, -0.25) is 4.79 Å². The van der Waals surface area contributed by atoms with Crippen LogP contribution in [0.3, 0.4) is 0 Å². The Morgan fingerprint density at radius 1 is 1.37 bits per heavy atom. The van der Waals surface area contributed by atoms with E-state index in [1.807, 2.05) is 0 Å². The molecular weight excluding hydrogens is 291 g/mol. The van der Waals surface area contributed by atoms with Crippen molar-refractivity contribution in [2.24, 2.45) is 0 Å². The number of benzene rings is 1. The highest BCUT2D eigenvalue weighted by Crippen LogP contribution is 2.22. The van der Waals surface area contributed by atoms with E-state index in [0.717, 1.165) is 5.56 Å². The second kappa shape index (κ2) is 6.04. The Bertz CT molecular complexity index is 598. The van der Waals surface area contributed by atoms with Crippen molar-refractivity contribution in [1.29, 1.82) is 0 Å². The van der Waals surface area contributed by atoms with Crippen LogP contribution in [0, 0.1) is 0 Å². The molecule has 0 radical (unpaired) electrons. The fourth-order valence-electron chi connectivity index (χ4n) is 1.51. The number of aliphatic carboxylic acids is 1. The third-order valence-electron chi connectivity index (χ3n) is 2.43. The monoisotopic (exact) mass is 300 g/mol. The first-order valence-corrected chi connectivity index (χ1v) is 6.27.